The summed E-state index contributed by atoms with van der Waals surface area (Å²) >= 11 is 0. The van der Waals surface area contributed by atoms with Gasteiger partial charge in [-0.2, -0.15) is 0 Å². The third-order valence-corrected chi connectivity index (χ3v) is 7.13. The molecule has 7 atom stereocenters. The van der Waals surface area contributed by atoms with Crippen LogP contribution in [0.3, 0.4) is 0 Å². The molecular weight excluding hydrogens is 296 g/mol. The SMILES string of the molecule is CC1=CC(=O)C(O)C2(C)[C@H]1CC(=O)C13COC(C)(CC(O)[C@@H]12)C3. The van der Waals surface area contributed by atoms with Crippen LogP contribution in [0.4, 0.5) is 0 Å². The van der Waals surface area contributed by atoms with E-state index in [0.717, 1.165) is 5.57 Å². The summed E-state index contributed by atoms with van der Waals surface area (Å²) in [5.41, 5.74) is -1.23. The molecule has 1 aliphatic heterocycles. The maximum absolute atomic E-state index is 13.0. The minimum absolute atomic E-state index is 0.113. The Bertz CT molecular complexity index is 639. The number of aliphatic hydroxyl groups is 2. The van der Waals surface area contributed by atoms with E-state index in [9.17, 15) is 19.8 Å². The molecule has 5 unspecified atom stereocenters. The molecule has 126 valence electrons. The quantitative estimate of drug-likeness (QED) is 0.696. The number of Topliss-reactive ketones (excluding diaryl/α,β-unsaturated/α-hetero) is 1. The van der Waals surface area contributed by atoms with Gasteiger partial charge in [0.2, 0.25) is 0 Å². The lowest BCUT2D eigenvalue weighted by molar-refractivity contribution is -0.188. The van der Waals surface area contributed by atoms with Crippen LogP contribution in [0.1, 0.15) is 40.0 Å². The summed E-state index contributed by atoms with van der Waals surface area (Å²) in [4.78, 5) is 25.3. The van der Waals surface area contributed by atoms with Gasteiger partial charge in [-0.3, -0.25) is 9.59 Å². The number of allylic oxidation sites excluding steroid dienone is 1. The first-order valence-electron chi connectivity index (χ1n) is 8.39. The number of aliphatic hydroxyl groups excluding tert-OH is 2. The number of hydrogen-bond donors (Lipinski definition) is 2. The zero-order valence-electron chi connectivity index (χ0n) is 13.8. The van der Waals surface area contributed by atoms with Crippen molar-refractivity contribution in [2.24, 2.45) is 22.7 Å². The Labute approximate surface area is 135 Å². The van der Waals surface area contributed by atoms with E-state index in [4.69, 9.17) is 4.74 Å². The van der Waals surface area contributed by atoms with Crippen molar-refractivity contribution in [3.05, 3.63) is 11.6 Å². The molecule has 2 bridgehead atoms. The Kier molecular flexibility index (Phi) is 2.91. The summed E-state index contributed by atoms with van der Waals surface area (Å²) in [5.74, 6) is -0.843. The second kappa shape index (κ2) is 4.32. The Morgan fingerprint density at radius 2 is 1.96 bits per heavy atom. The molecule has 1 saturated heterocycles. The minimum atomic E-state index is -1.18. The van der Waals surface area contributed by atoms with Crippen molar-refractivity contribution in [1.29, 1.82) is 0 Å². The molecular formula is C18H24O5. The number of carbonyl (C=O) groups excluding carboxylic acids is 2. The van der Waals surface area contributed by atoms with Crippen molar-refractivity contribution in [3.8, 4) is 0 Å². The fraction of sp³-hybridized carbons (Fsp3) is 0.778. The van der Waals surface area contributed by atoms with Crippen molar-refractivity contribution in [2.45, 2.75) is 57.8 Å². The van der Waals surface area contributed by atoms with E-state index in [1.165, 1.54) is 6.08 Å². The van der Waals surface area contributed by atoms with Gasteiger partial charge in [0.1, 0.15) is 11.9 Å². The van der Waals surface area contributed by atoms with Crippen LogP contribution in [0.2, 0.25) is 0 Å². The number of rotatable bonds is 0. The van der Waals surface area contributed by atoms with Crippen LogP contribution in [0.25, 0.3) is 0 Å². The molecule has 0 radical (unpaired) electrons. The number of carbonyl (C=O) groups is 2. The molecule has 5 nitrogen and oxygen atoms in total. The van der Waals surface area contributed by atoms with E-state index in [2.05, 4.69) is 0 Å². The summed E-state index contributed by atoms with van der Waals surface area (Å²) in [6, 6.07) is 0. The number of ketones is 2. The second-order valence-electron chi connectivity index (χ2n) is 8.56. The van der Waals surface area contributed by atoms with Gasteiger partial charge in [-0.25, -0.2) is 0 Å². The van der Waals surface area contributed by atoms with Crippen molar-refractivity contribution in [2.75, 3.05) is 6.61 Å². The minimum Gasteiger partial charge on any atom is -0.393 e. The second-order valence-corrected chi connectivity index (χ2v) is 8.56. The zero-order chi connectivity index (χ0) is 16.8. The van der Waals surface area contributed by atoms with Gasteiger partial charge < -0.3 is 14.9 Å². The highest BCUT2D eigenvalue weighted by Gasteiger charge is 2.72. The molecule has 3 aliphatic carbocycles. The van der Waals surface area contributed by atoms with Crippen LogP contribution in [0.5, 0.6) is 0 Å². The molecule has 3 fully saturated rings. The van der Waals surface area contributed by atoms with Gasteiger partial charge in [0, 0.05) is 24.2 Å². The van der Waals surface area contributed by atoms with Crippen LogP contribution in [-0.4, -0.2) is 46.2 Å². The standard InChI is InChI=1S/C18H24O5/c1-9-4-11(19)15(22)17(3)10(9)5-13(21)18-7-16(2,23-8-18)6-12(20)14(17)18/h4,10,12,14-15,20,22H,5-8H2,1-3H3/t10-,12?,14+,15?,16?,17?,18?/m0/s1. The molecule has 2 N–H and O–H groups in total. The van der Waals surface area contributed by atoms with E-state index in [0.29, 0.717) is 19.3 Å². The molecule has 1 spiro atoms. The van der Waals surface area contributed by atoms with Gasteiger partial charge in [0.15, 0.2) is 5.78 Å². The van der Waals surface area contributed by atoms with E-state index < -0.39 is 34.6 Å². The number of ether oxygens (including phenoxy) is 1. The van der Waals surface area contributed by atoms with Gasteiger partial charge in [0.05, 0.1) is 23.7 Å². The zero-order valence-corrected chi connectivity index (χ0v) is 13.8. The van der Waals surface area contributed by atoms with Crippen molar-refractivity contribution < 1.29 is 24.5 Å². The molecule has 5 heteroatoms. The van der Waals surface area contributed by atoms with Gasteiger partial charge >= 0.3 is 0 Å². The fourth-order valence-electron chi connectivity index (χ4n) is 6.24. The average molecular weight is 320 g/mol. The molecule has 0 aromatic carbocycles. The van der Waals surface area contributed by atoms with Crippen LogP contribution in [0.15, 0.2) is 11.6 Å². The predicted molar refractivity (Wildman–Crippen MR) is 81.5 cm³/mol. The molecule has 0 aromatic rings. The predicted octanol–water partition coefficient (Wildman–Crippen LogP) is 1.02. The monoisotopic (exact) mass is 320 g/mol. The summed E-state index contributed by atoms with van der Waals surface area (Å²) < 4.78 is 5.92. The lowest BCUT2D eigenvalue weighted by atomic mass is 9.42. The van der Waals surface area contributed by atoms with E-state index >= 15 is 0 Å². The summed E-state index contributed by atoms with van der Waals surface area (Å²) in [5, 5.41) is 21.6. The normalized spacial score (nSPS) is 55.3. The van der Waals surface area contributed by atoms with Crippen molar-refractivity contribution in [1.82, 2.24) is 0 Å². The average Bonchev–Trinajstić information content (AvgIpc) is 2.73. The first-order chi connectivity index (χ1) is 10.6. The molecule has 0 amide bonds. The third kappa shape index (κ3) is 1.68. The van der Waals surface area contributed by atoms with E-state index in [-0.39, 0.29) is 24.1 Å². The van der Waals surface area contributed by atoms with Gasteiger partial charge in [-0.15, -0.1) is 0 Å². The first kappa shape index (κ1) is 15.5. The molecule has 0 aromatic heterocycles. The lowest BCUT2D eigenvalue weighted by Crippen LogP contribution is -2.67. The fourth-order valence-corrected chi connectivity index (χ4v) is 6.24. The summed E-state index contributed by atoms with van der Waals surface area (Å²) in [6.45, 7) is 5.95. The summed E-state index contributed by atoms with van der Waals surface area (Å²) in [7, 11) is 0. The van der Waals surface area contributed by atoms with E-state index in [1.807, 2.05) is 20.8 Å². The van der Waals surface area contributed by atoms with E-state index in [1.54, 1.807) is 0 Å². The van der Waals surface area contributed by atoms with Crippen molar-refractivity contribution in [3.63, 3.8) is 0 Å². The van der Waals surface area contributed by atoms with Crippen molar-refractivity contribution >= 4 is 11.6 Å². The highest BCUT2D eigenvalue weighted by atomic mass is 16.5. The van der Waals surface area contributed by atoms with Crippen LogP contribution in [-0.2, 0) is 14.3 Å². The molecule has 4 aliphatic rings. The maximum Gasteiger partial charge on any atom is 0.184 e. The van der Waals surface area contributed by atoms with Crippen LogP contribution < -0.4 is 0 Å². The van der Waals surface area contributed by atoms with Gasteiger partial charge in [0.25, 0.3) is 0 Å². The van der Waals surface area contributed by atoms with Crippen LogP contribution >= 0.6 is 0 Å². The Morgan fingerprint density at radius 3 is 2.65 bits per heavy atom. The number of fused-ring (bicyclic) bond motifs is 3. The van der Waals surface area contributed by atoms with Gasteiger partial charge in [-0.05, 0) is 32.3 Å². The Morgan fingerprint density at radius 1 is 1.26 bits per heavy atom. The highest BCUT2D eigenvalue weighted by molar-refractivity contribution is 5.97. The lowest BCUT2D eigenvalue weighted by Gasteiger charge is -2.60. The molecule has 2 saturated carbocycles. The maximum atomic E-state index is 13.0. The largest absolute Gasteiger partial charge is 0.393 e. The Hall–Kier alpha value is -1.04. The molecule has 23 heavy (non-hydrogen) atoms. The molecule has 1 heterocycles. The topological polar surface area (TPSA) is 83.8 Å². The number of hydrogen-bond acceptors (Lipinski definition) is 5. The van der Waals surface area contributed by atoms with Crippen LogP contribution in [0, 0.1) is 22.7 Å². The first-order valence-corrected chi connectivity index (χ1v) is 8.39. The summed E-state index contributed by atoms with van der Waals surface area (Å²) in [6.07, 6.45) is 0.872. The Balaban J connectivity index is 1.91. The highest BCUT2D eigenvalue weighted by Crippen LogP contribution is 2.66. The molecule has 4 rings (SSSR count). The van der Waals surface area contributed by atoms with Gasteiger partial charge in [-0.1, -0.05) is 12.5 Å². The smallest absolute Gasteiger partial charge is 0.184 e. The third-order valence-electron chi connectivity index (χ3n) is 7.13.